The summed E-state index contributed by atoms with van der Waals surface area (Å²) in [4.78, 5) is 38.5. The molecule has 0 bridgehead atoms. The Morgan fingerprint density at radius 2 is 1.71 bits per heavy atom. The van der Waals surface area contributed by atoms with Gasteiger partial charge in [-0.05, 0) is 43.4 Å². The van der Waals surface area contributed by atoms with Gasteiger partial charge in [0.25, 0.3) is 5.91 Å². The van der Waals surface area contributed by atoms with E-state index in [-0.39, 0.29) is 29.3 Å². The van der Waals surface area contributed by atoms with E-state index >= 15 is 0 Å². The zero-order valence-electron chi connectivity index (χ0n) is 15.5. The lowest BCUT2D eigenvalue weighted by Gasteiger charge is -2.23. The Morgan fingerprint density at radius 1 is 1.07 bits per heavy atom. The van der Waals surface area contributed by atoms with Crippen LogP contribution in [-0.4, -0.2) is 33.9 Å². The van der Waals surface area contributed by atoms with Gasteiger partial charge in [0.2, 0.25) is 16.9 Å². The van der Waals surface area contributed by atoms with Crippen molar-refractivity contribution in [2.24, 2.45) is 0 Å². The largest absolute Gasteiger partial charge is 0.326 e. The highest BCUT2D eigenvalue weighted by atomic mass is 32.1. The number of hydrogen-bond donors (Lipinski definition) is 2. The molecule has 8 heteroatoms. The van der Waals surface area contributed by atoms with Crippen LogP contribution in [0.1, 0.15) is 18.9 Å². The third-order valence-electron chi connectivity index (χ3n) is 4.22. The van der Waals surface area contributed by atoms with Crippen LogP contribution >= 0.6 is 12.2 Å². The molecule has 3 amide bonds. The minimum Gasteiger partial charge on any atom is -0.326 e. The topological polar surface area (TPSA) is 81.8 Å². The van der Waals surface area contributed by atoms with Gasteiger partial charge >= 0.3 is 0 Å². The summed E-state index contributed by atoms with van der Waals surface area (Å²) in [5.41, 5.74) is 4.84. The van der Waals surface area contributed by atoms with Gasteiger partial charge < -0.3 is 5.32 Å². The molecule has 0 spiro atoms. The average molecular weight is 396 g/mol. The van der Waals surface area contributed by atoms with E-state index in [1.807, 2.05) is 25.1 Å². The van der Waals surface area contributed by atoms with Crippen molar-refractivity contribution in [2.45, 2.75) is 26.3 Å². The molecule has 2 aromatic carbocycles. The van der Waals surface area contributed by atoms with Crippen LogP contribution in [0.5, 0.6) is 0 Å². The third-order valence-corrected chi connectivity index (χ3v) is 4.60. The number of aryl methyl sites for hydroxylation is 1. The summed E-state index contributed by atoms with van der Waals surface area (Å²) in [6, 6.07) is 15.3. The highest BCUT2D eigenvalue weighted by Crippen LogP contribution is 2.26. The summed E-state index contributed by atoms with van der Waals surface area (Å²) in [5, 5.41) is 4.17. The van der Waals surface area contributed by atoms with E-state index in [1.165, 1.54) is 16.8 Å². The smallest absolute Gasteiger partial charge is 0.258 e. The second-order valence-corrected chi connectivity index (χ2v) is 6.83. The number of thiocarbonyl (C=S) groups is 1. The highest BCUT2D eigenvalue weighted by molar-refractivity contribution is 7.80. The van der Waals surface area contributed by atoms with Crippen molar-refractivity contribution >= 4 is 46.4 Å². The Morgan fingerprint density at radius 3 is 2.32 bits per heavy atom. The SMILES string of the molecule is CC(=O)NN1C(=S)N(c2ccccc2)C(=O)[C@H]1CC(=O)Nc1ccc(C)cc1. The van der Waals surface area contributed by atoms with Crippen molar-refractivity contribution in [3.63, 3.8) is 0 Å². The van der Waals surface area contributed by atoms with Gasteiger partial charge in [-0.1, -0.05) is 35.9 Å². The van der Waals surface area contributed by atoms with Crippen LogP contribution < -0.4 is 15.6 Å². The lowest BCUT2D eigenvalue weighted by molar-refractivity contribution is -0.128. The molecule has 1 atom stereocenters. The van der Waals surface area contributed by atoms with Crippen LogP contribution in [0.2, 0.25) is 0 Å². The number of hydrogen-bond acceptors (Lipinski definition) is 4. The van der Waals surface area contributed by atoms with Gasteiger partial charge in [0.1, 0.15) is 6.04 Å². The standard InChI is InChI=1S/C20H20N4O3S/c1-13-8-10-15(11-9-13)21-18(26)12-17-19(27)23(16-6-4-3-5-7-16)20(28)24(17)22-14(2)25/h3-11,17H,12H2,1-2H3,(H,21,26)(H,22,25)/t17-/m1/s1. The zero-order valence-corrected chi connectivity index (χ0v) is 16.3. The predicted octanol–water partition coefficient (Wildman–Crippen LogP) is 2.38. The molecule has 1 aliphatic heterocycles. The molecule has 0 unspecified atom stereocenters. The minimum absolute atomic E-state index is 0.125. The first-order valence-electron chi connectivity index (χ1n) is 8.73. The van der Waals surface area contributed by atoms with Crippen LogP contribution in [-0.2, 0) is 14.4 Å². The Labute approximate surface area is 168 Å². The molecule has 28 heavy (non-hydrogen) atoms. The number of anilines is 2. The first kappa shape index (κ1) is 19.5. The number of para-hydroxylation sites is 1. The van der Waals surface area contributed by atoms with E-state index in [0.29, 0.717) is 11.4 Å². The van der Waals surface area contributed by atoms with Crippen molar-refractivity contribution in [1.82, 2.24) is 10.4 Å². The van der Waals surface area contributed by atoms with Gasteiger partial charge in [-0.3, -0.25) is 24.7 Å². The number of carbonyl (C=O) groups is 3. The maximum absolute atomic E-state index is 13.0. The molecule has 2 aromatic rings. The van der Waals surface area contributed by atoms with E-state index in [0.717, 1.165) is 5.56 Å². The van der Waals surface area contributed by atoms with E-state index in [2.05, 4.69) is 10.7 Å². The second-order valence-electron chi connectivity index (χ2n) is 6.46. The number of nitrogens with one attached hydrogen (secondary N) is 2. The fraction of sp³-hybridized carbons (Fsp3) is 0.200. The van der Waals surface area contributed by atoms with E-state index in [1.54, 1.807) is 36.4 Å². The Hall–Kier alpha value is -3.26. The van der Waals surface area contributed by atoms with Crippen molar-refractivity contribution in [3.05, 3.63) is 60.2 Å². The van der Waals surface area contributed by atoms with Crippen LogP contribution in [0, 0.1) is 6.92 Å². The molecule has 144 valence electrons. The molecule has 2 N–H and O–H groups in total. The third kappa shape index (κ3) is 4.17. The molecule has 0 aromatic heterocycles. The van der Waals surface area contributed by atoms with Crippen LogP contribution in [0.3, 0.4) is 0 Å². The number of benzene rings is 2. The van der Waals surface area contributed by atoms with Gasteiger partial charge in [0.15, 0.2) is 0 Å². The van der Waals surface area contributed by atoms with Crippen molar-refractivity contribution in [2.75, 3.05) is 10.2 Å². The number of rotatable bonds is 5. The number of hydrazine groups is 1. The summed E-state index contributed by atoms with van der Waals surface area (Å²) in [5.74, 6) is -1.10. The van der Waals surface area contributed by atoms with Gasteiger partial charge in [0, 0.05) is 12.6 Å². The van der Waals surface area contributed by atoms with E-state index in [4.69, 9.17) is 12.2 Å². The molecule has 0 aliphatic carbocycles. The van der Waals surface area contributed by atoms with Crippen LogP contribution in [0.15, 0.2) is 54.6 Å². The lowest BCUT2D eigenvalue weighted by Crippen LogP contribution is -2.49. The van der Waals surface area contributed by atoms with Crippen LogP contribution in [0.4, 0.5) is 11.4 Å². The monoisotopic (exact) mass is 396 g/mol. The molecule has 1 aliphatic rings. The van der Waals surface area contributed by atoms with E-state index < -0.39 is 6.04 Å². The Balaban J connectivity index is 1.81. The first-order valence-corrected chi connectivity index (χ1v) is 9.13. The maximum Gasteiger partial charge on any atom is 0.258 e. The molecule has 1 heterocycles. The summed E-state index contributed by atoms with van der Waals surface area (Å²) >= 11 is 5.40. The van der Waals surface area contributed by atoms with Gasteiger partial charge in [-0.15, -0.1) is 0 Å². The first-order chi connectivity index (χ1) is 13.4. The van der Waals surface area contributed by atoms with Crippen molar-refractivity contribution < 1.29 is 14.4 Å². The summed E-state index contributed by atoms with van der Waals surface area (Å²) in [7, 11) is 0. The fourth-order valence-electron chi connectivity index (χ4n) is 2.91. The van der Waals surface area contributed by atoms with Crippen molar-refractivity contribution in [1.29, 1.82) is 0 Å². The maximum atomic E-state index is 13.0. The zero-order chi connectivity index (χ0) is 20.3. The molecular weight excluding hydrogens is 376 g/mol. The van der Waals surface area contributed by atoms with Crippen molar-refractivity contribution in [3.8, 4) is 0 Å². The predicted molar refractivity (Wildman–Crippen MR) is 110 cm³/mol. The molecule has 0 saturated carbocycles. The Bertz CT molecular complexity index is 915. The summed E-state index contributed by atoms with van der Waals surface area (Å²) < 4.78 is 0. The minimum atomic E-state index is -0.929. The molecular formula is C20H20N4O3S. The molecule has 1 fully saturated rings. The molecule has 1 saturated heterocycles. The van der Waals surface area contributed by atoms with Gasteiger partial charge in [-0.2, -0.15) is 0 Å². The van der Waals surface area contributed by atoms with Gasteiger partial charge in [-0.25, -0.2) is 5.01 Å². The number of nitrogens with zero attached hydrogens (tertiary/aromatic N) is 2. The average Bonchev–Trinajstić information content (AvgIpc) is 2.88. The lowest BCUT2D eigenvalue weighted by atomic mass is 10.1. The normalized spacial score (nSPS) is 16.3. The second kappa shape index (κ2) is 8.18. The Kier molecular flexibility index (Phi) is 5.70. The van der Waals surface area contributed by atoms with Gasteiger partial charge in [0.05, 0.1) is 12.1 Å². The van der Waals surface area contributed by atoms with E-state index in [9.17, 15) is 14.4 Å². The molecule has 3 rings (SSSR count). The highest BCUT2D eigenvalue weighted by Gasteiger charge is 2.45. The quantitative estimate of drug-likeness (QED) is 0.759. The summed E-state index contributed by atoms with van der Waals surface area (Å²) in [6.45, 7) is 3.27. The fourth-order valence-corrected chi connectivity index (χ4v) is 3.28. The number of carbonyl (C=O) groups excluding carboxylic acids is 3. The number of amides is 3. The molecule has 7 nitrogen and oxygen atoms in total. The summed E-state index contributed by atoms with van der Waals surface area (Å²) in [6.07, 6.45) is -0.156. The van der Waals surface area contributed by atoms with Crippen LogP contribution in [0.25, 0.3) is 0 Å². The molecule has 0 radical (unpaired) electrons.